The summed E-state index contributed by atoms with van der Waals surface area (Å²) in [5.74, 6) is -0.512. The van der Waals surface area contributed by atoms with E-state index in [9.17, 15) is 9.59 Å². The average molecular weight is 286 g/mol. The molecule has 20 heavy (non-hydrogen) atoms. The number of carboxylic acids is 1. The minimum atomic E-state index is -0.855. The van der Waals surface area contributed by atoms with Crippen LogP contribution in [0.3, 0.4) is 0 Å². The maximum atomic E-state index is 12.5. The van der Waals surface area contributed by atoms with Crippen LogP contribution in [0.15, 0.2) is 0 Å². The first-order valence-electron chi connectivity index (χ1n) is 7.20. The van der Waals surface area contributed by atoms with Crippen LogP contribution in [0, 0.1) is 5.92 Å². The van der Waals surface area contributed by atoms with Gasteiger partial charge in [-0.3, -0.25) is 9.59 Å². The Balaban J connectivity index is 2.51. The molecule has 0 aliphatic carbocycles. The van der Waals surface area contributed by atoms with Gasteiger partial charge in [0.25, 0.3) is 5.91 Å². The second kappa shape index (κ2) is 7.59. The van der Waals surface area contributed by atoms with Crippen LogP contribution >= 0.6 is 0 Å². The van der Waals surface area contributed by atoms with E-state index < -0.39 is 11.6 Å². The van der Waals surface area contributed by atoms with E-state index in [1.165, 1.54) is 0 Å². The molecule has 6 nitrogen and oxygen atoms in total. The van der Waals surface area contributed by atoms with Crippen molar-refractivity contribution in [2.24, 2.45) is 5.92 Å². The number of aliphatic carboxylic acids is 1. The number of carboxylic acid groups (broad SMARTS) is 1. The number of hydrogen-bond donors (Lipinski definition) is 2. The zero-order valence-corrected chi connectivity index (χ0v) is 12.6. The van der Waals surface area contributed by atoms with Gasteiger partial charge in [-0.15, -0.1) is 0 Å². The van der Waals surface area contributed by atoms with E-state index in [-0.39, 0.29) is 12.5 Å². The Morgan fingerprint density at radius 1 is 1.50 bits per heavy atom. The summed E-state index contributed by atoms with van der Waals surface area (Å²) in [4.78, 5) is 24.8. The van der Waals surface area contributed by atoms with Crippen molar-refractivity contribution in [1.29, 1.82) is 0 Å². The number of likely N-dealkylation sites (tertiary alicyclic amines) is 1. The van der Waals surface area contributed by atoms with Gasteiger partial charge >= 0.3 is 5.97 Å². The lowest BCUT2D eigenvalue weighted by Gasteiger charge is -2.38. The number of carbonyl (C=O) groups excluding carboxylic acids is 1. The summed E-state index contributed by atoms with van der Waals surface area (Å²) in [6.07, 6.45) is 2.61. The summed E-state index contributed by atoms with van der Waals surface area (Å²) in [6, 6.07) is 0. The maximum absolute atomic E-state index is 12.5. The Bertz CT molecular complexity index is 342. The highest BCUT2D eigenvalue weighted by Crippen LogP contribution is 2.23. The van der Waals surface area contributed by atoms with E-state index in [0.717, 1.165) is 19.4 Å². The second-order valence-corrected chi connectivity index (χ2v) is 5.57. The molecule has 116 valence electrons. The minimum Gasteiger partial charge on any atom is -0.480 e. The second-order valence-electron chi connectivity index (χ2n) is 5.57. The van der Waals surface area contributed by atoms with Crippen molar-refractivity contribution in [1.82, 2.24) is 10.2 Å². The highest BCUT2D eigenvalue weighted by atomic mass is 16.5. The van der Waals surface area contributed by atoms with Gasteiger partial charge in [0, 0.05) is 26.7 Å². The summed E-state index contributed by atoms with van der Waals surface area (Å²) in [5, 5.41) is 11.5. The molecule has 1 rings (SSSR count). The number of carbonyl (C=O) groups is 2. The van der Waals surface area contributed by atoms with Crippen LogP contribution in [0.25, 0.3) is 0 Å². The van der Waals surface area contributed by atoms with Gasteiger partial charge in [-0.2, -0.15) is 0 Å². The normalized spacial score (nSPS) is 22.4. The summed E-state index contributed by atoms with van der Waals surface area (Å²) >= 11 is 0. The average Bonchev–Trinajstić information content (AvgIpc) is 2.45. The van der Waals surface area contributed by atoms with Crippen molar-refractivity contribution in [3.63, 3.8) is 0 Å². The fraction of sp³-hybridized carbons (Fsp3) is 0.857. The summed E-state index contributed by atoms with van der Waals surface area (Å²) in [7, 11) is 1.57. The highest BCUT2D eigenvalue weighted by Gasteiger charge is 2.36. The van der Waals surface area contributed by atoms with Crippen LogP contribution in [-0.2, 0) is 14.3 Å². The first kappa shape index (κ1) is 16.9. The van der Waals surface area contributed by atoms with E-state index >= 15 is 0 Å². The molecule has 1 fully saturated rings. The number of nitrogens with one attached hydrogen (secondary N) is 1. The molecule has 1 amide bonds. The predicted octanol–water partition coefficient (Wildman–Crippen LogP) is 0.714. The van der Waals surface area contributed by atoms with Crippen molar-refractivity contribution in [3.05, 3.63) is 0 Å². The monoisotopic (exact) mass is 286 g/mol. The third-order valence-electron chi connectivity index (χ3n) is 4.09. The van der Waals surface area contributed by atoms with Crippen LogP contribution in [0.5, 0.6) is 0 Å². The third-order valence-corrected chi connectivity index (χ3v) is 4.09. The number of methoxy groups -OCH3 is 1. The molecule has 2 atom stereocenters. The number of amides is 1. The van der Waals surface area contributed by atoms with Crippen molar-refractivity contribution >= 4 is 11.9 Å². The lowest BCUT2D eigenvalue weighted by molar-refractivity contribution is -0.155. The van der Waals surface area contributed by atoms with E-state index in [1.54, 1.807) is 7.11 Å². The molecule has 0 aromatic rings. The van der Waals surface area contributed by atoms with Crippen molar-refractivity contribution < 1.29 is 19.4 Å². The molecule has 1 aliphatic rings. The van der Waals surface area contributed by atoms with Crippen LogP contribution in [-0.4, -0.2) is 60.8 Å². The molecular weight excluding hydrogens is 260 g/mol. The van der Waals surface area contributed by atoms with Crippen LogP contribution in [0.1, 0.15) is 33.1 Å². The number of nitrogens with zero attached hydrogens (tertiary/aromatic N) is 1. The maximum Gasteiger partial charge on any atom is 0.317 e. The Morgan fingerprint density at radius 3 is 2.75 bits per heavy atom. The van der Waals surface area contributed by atoms with Crippen LogP contribution < -0.4 is 5.32 Å². The molecule has 6 heteroatoms. The molecule has 0 bridgehead atoms. The largest absolute Gasteiger partial charge is 0.480 e. The van der Waals surface area contributed by atoms with E-state index in [2.05, 4.69) is 5.32 Å². The molecule has 1 saturated heterocycles. The number of ether oxygens (including phenoxy) is 1. The quantitative estimate of drug-likeness (QED) is 0.721. The topological polar surface area (TPSA) is 78.9 Å². The zero-order valence-electron chi connectivity index (χ0n) is 12.6. The van der Waals surface area contributed by atoms with Gasteiger partial charge in [0.15, 0.2) is 0 Å². The molecular formula is C14H26N2O4. The Morgan fingerprint density at radius 2 is 2.20 bits per heavy atom. The Kier molecular flexibility index (Phi) is 6.42. The minimum absolute atomic E-state index is 0.0325. The smallest absolute Gasteiger partial charge is 0.317 e. The predicted molar refractivity (Wildman–Crippen MR) is 75.5 cm³/mol. The van der Waals surface area contributed by atoms with Gasteiger partial charge in [0.1, 0.15) is 5.60 Å². The zero-order chi connectivity index (χ0) is 15.2. The highest BCUT2D eigenvalue weighted by molar-refractivity contribution is 5.84. The van der Waals surface area contributed by atoms with Crippen LogP contribution in [0.4, 0.5) is 0 Å². The molecule has 2 N–H and O–H groups in total. The Labute approximate surface area is 120 Å². The van der Waals surface area contributed by atoms with Crippen LogP contribution in [0.2, 0.25) is 0 Å². The SMILES string of the molecule is CCC(C)(OC)C(=O)N1CCCC(CNCC(=O)O)C1. The fourth-order valence-electron chi connectivity index (χ4n) is 2.52. The first-order valence-corrected chi connectivity index (χ1v) is 7.20. The van der Waals surface area contributed by atoms with Crippen molar-refractivity contribution in [3.8, 4) is 0 Å². The van der Waals surface area contributed by atoms with Gasteiger partial charge in [-0.25, -0.2) is 0 Å². The molecule has 0 aromatic heterocycles. The van der Waals surface area contributed by atoms with Crippen molar-refractivity contribution in [2.75, 3.05) is 33.3 Å². The number of piperidine rings is 1. The van der Waals surface area contributed by atoms with Gasteiger partial charge in [0.05, 0.1) is 6.54 Å². The van der Waals surface area contributed by atoms with Crippen molar-refractivity contribution in [2.45, 2.75) is 38.7 Å². The summed E-state index contributed by atoms with van der Waals surface area (Å²) in [5.41, 5.74) is -0.754. The van der Waals surface area contributed by atoms with E-state index in [0.29, 0.717) is 25.4 Å². The number of rotatable bonds is 7. The third kappa shape index (κ3) is 4.45. The summed E-state index contributed by atoms with van der Waals surface area (Å²) < 4.78 is 5.37. The first-order chi connectivity index (χ1) is 9.42. The summed E-state index contributed by atoms with van der Waals surface area (Å²) in [6.45, 7) is 5.79. The van der Waals surface area contributed by atoms with Gasteiger partial charge < -0.3 is 20.1 Å². The lowest BCUT2D eigenvalue weighted by atomic mass is 9.94. The number of hydrogen-bond acceptors (Lipinski definition) is 4. The van der Waals surface area contributed by atoms with Gasteiger partial charge in [-0.1, -0.05) is 6.92 Å². The molecule has 0 spiro atoms. The van der Waals surface area contributed by atoms with E-state index in [4.69, 9.17) is 9.84 Å². The lowest BCUT2D eigenvalue weighted by Crippen LogP contribution is -2.52. The molecule has 0 aromatic carbocycles. The standard InChI is InChI=1S/C14H26N2O4/c1-4-14(2,20-3)13(19)16-7-5-6-11(10-16)8-15-9-12(17)18/h11,15H,4-10H2,1-3H3,(H,17,18). The van der Waals surface area contributed by atoms with Gasteiger partial charge in [0.2, 0.25) is 0 Å². The Hall–Kier alpha value is -1.14. The van der Waals surface area contributed by atoms with E-state index in [1.807, 2.05) is 18.7 Å². The molecule has 1 heterocycles. The molecule has 0 radical (unpaired) electrons. The molecule has 0 saturated carbocycles. The fourth-order valence-corrected chi connectivity index (χ4v) is 2.52. The molecule has 2 unspecified atom stereocenters. The van der Waals surface area contributed by atoms with Gasteiger partial charge in [-0.05, 0) is 32.1 Å². The molecule has 1 aliphatic heterocycles.